The molecule has 0 aromatic heterocycles. The number of hydrogen-bond acceptors (Lipinski definition) is 4. The predicted molar refractivity (Wildman–Crippen MR) is 65.5 cm³/mol. The maximum absolute atomic E-state index is 8.64. The Labute approximate surface area is 99.1 Å². The molecule has 1 N–H and O–H groups in total. The molecule has 0 amide bonds. The summed E-state index contributed by atoms with van der Waals surface area (Å²) in [7, 11) is 0. The van der Waals surface area contributed by atoms with Gasteiger partial charge in [0.2, 0.25) is 0 Å². The quantitative estimate of drug-likeness (QED) is 0.767. The second-order valence-electron chi connectivity index (χ2n) is 3.54. The van der Waals surface area contributed by atoms with Crippen molar-refractivity contribution in [2.45, 2.75) is 6.04 Å². The molecule has 0 saturated carbocycles. The normalized spacial score (nSPS) is 18.5. The Morgan fingerprint density at radius 2 is 1.76 bits per heavy atom. The van der Waals surface area contributed by atoms with Crippen molar-refractivity contribution >= 4 is 11.4 Å². The molecule has 82 valence electrons. The van der Waals surface area contributed by atoms with Crippen LogP contribution in [-0.4, -0.2) is 11.8 Å². The third kappa shape index (κ3) is 2.95. The van der Waals surface area contributed by atoms with Gasteiger partial charge in [0.05, 0.1) is 23.0 Å². The summed E-state index contributed by atoms with van der Waals surface area (Å²) in [6.45, 7) is 0. The van der Waals surface area contributed by atoms with Crippen LogP contribution < -0.4 is 0 Å². The van der Waals surface area contributed by atoms with Crippen LogP contribution in [0.2, 0.25) is 0 Å². The first-order chi connectivity index (χ1) is 8.28. The first kappa shape index (κ1) is 11.0. The number of nitrogens with zero attached hydrogens (tertiary/aromatic N) is 3. The molecule has 0 unspecified atom stereocenters. The van der Waals surface area contributed by atoms with Crippen LogP contribution in [0.1, 0.15) is 5.56 Å². The van der Waals surface area contributed by atoms with E-state index < -0.39 is 0 Å². The van der Waals surface area contributed by atoms with Crippen molar-refractivity contribution in [2.75, 3.05) is 0 Å². The van der Waals surface area contributed by atoms with Crippen LogP contribution in [0.5, 0.6) is 0 Å². The first-order valence-corrected chi connectivity index (χ1v) is 5.14. The number of benzene rings is 1. The molecule has 0 saturated heterocycles. The number of azo groups is 1. The molecule has 4 nitrogen and oxygen atoms in total. The highest BCUT2D eigenvalue weighted by molar-refractivity contribution is 6.02. The third-order valence-corrected chi connectivity index (χ3v) is 2.25. The summed E-state index contributed by atoms with van der Waals surface area (Å²) in [5, 5.41) is 24.2. The van der Waals surface area contributed by atoms with Gasteiger partial charge >= 0.3 is 0 Å². The molecule has 0 aliphatic heterocycles. The summed E-state index contributed by atoms with van der Waals surface area (Å²) in [5.41, 5.74) is 1.79. The number of rotatable bonds is 2. The summed E-state index contributed by atoms with van der Waals surface area (Å²) in [5.74, 6) is 0. The molecular weight excluding hydrogens is 212 g/mol. The van der Waals surface area contributed by atoms with Gasteiger partial charge in [-0.15, -0.1) is 0 Å². The monoisotopic (exact) mass is 222 g/mol. The van der Waals surface area contributed by atoms with E-state index in [9.17, 15) is 0 Å². The molecule has 1 aliphatic carbocycles. The SMILES string of the molecule is N#Cc1ccc(/N=N/C2C=CC(=N)C=C2)cc1. The molecule has 1 aromatic rings. The maximum atomic E-state index is 8.64. The van der Waals surface area contributed by atoms with Gasteiger partial charge in [0.25, 0.3) is 0 Å². The van der Waals surface area contributed by atoms with Crippen molar-refractivity contribution in [1.82, 2.24) is 0 Å². The summed E-state index contributed by atoms with van der Waals surface area (Å²) < 4.78 is 0. The lowest BCUT2D eigenvalue weighted by Crippen LogP contribution is -2.01. The summed E-state index contributed by atoms with van der Waals surface area (Å²) in [6.07, 6.45) is 7.02. The topological polar surface area (TPSA) is 72.4 Å². The number of hydrogen-bond donors (Lipinski definition) is 1. The van der Waals surface area contributed by atoms with Gasteiger partial charge in [0.15, 0.2) is 0 Å². The van der Waals surface area contributed by atoms with E-state index in [-0.39, 0.29) is 6.04 Å². The van der Waals surface area contributed by atoms with Crippen LogP contribution in [0.3, 0.4) is 0 Å². The standard InChI is InChI=1S/C13H10N4/c14-9-10-1-5-12(6-2-10)16-17-13-7-3-11(15)4-8-13/h1-8,13,15H/b15-11?,17-16+. The number of allylic oxidation sites excluding steroid dienone is 2. The van der Waals surface area contributed by atoms with Gasteiger partial charge in [-0.1, -0.05) is 12.2 Å². The van der Waals surface area contributed by atoms with Gasteiger partial charge < -0.3 is 5.41 Å². The molecule has 0 fully saturated rings. The zero-order chi connectivity index (χ0) is 12.1. The molecular formula is C13H10N4. The van der Waals surface area contributed by atoms with Gasteiger partial charge in [0, 0.05) is 0 Å². The Morgan fingerprint density at radius 1 is 1.12 bits per heavy atom. The van der Waals surface area contributed by atoms with Crippen molar-refractivity contribution in [3.05, 3.63) is 54.1 Å². The van der Waals surface area contributed by atoms with E-state index in [0.29, 0.717) is 17.0 Å². The van der Waals surface area contributed by atoms with Crippen LogP contribution in [0, 0.1) is 16.7 Å². The highest BCUT2D eigenvalue weighted by Gasteiger charge is 2.02. The zero-order valence-electron chi connectivity index (χ0n) is 9.04. The second-order valence-corrected chi connectivity index (χ2v) is 3.54. The number of nitrogens with one attached hydrogen (secondary N) is 1. The second kappa shape index (κ2) is 4.99. The van der Waals surface area contributed by atoms with Crippen LogP contribution in [0.25, 0.3) is 0 Å². The molecule has 1 aliphatic rings. The highest BCUT2D eigenvalue weighted by atomic mass is 15.1. The zero-order valence-corrected chi connectivity index (χ0v) is 9.04. The smallest absolute Gasteiger partial charge is 0.108 e. The molecule has 0 bridgehead atoms. The van der Waals surface area contributed by atoms with E-state index in [1.165, 1.54) is 0 Å². The highest BCUT2D eigenvalue weighted by Crippen LogP contribution is 2.15. The van der Waals surface area contributed by atoms with Crippen molar-refractivity contribution in [2.24, 2.45) is 10.2 Å². The van der Waals surface area contributed by atoms with Crippen molar-refractivity contribution in [3.63, 3.8) is 0 Å². The average Bonchev–Trinajstić information content (AvgIpc) is 2.39. The molecule has 0 radical (unpaired) electrons. The Kier molecular flexibility index (Phi) is 3.22. The fourth-order valence-corrected chi connectivity index (χ4v) is 1.34. The molecule has 0 spiro atoms. The van der Waals surface area contributed by atoms with Crippen molar-refractivity contribution in [1.29, 1.82) is 10.7 Å². The summed E-state index contributed by atoms with van der Waals surface area (Å²) in [6, 6.07) is 8.85. The summed E-state index contributed by atoms with van der Waals surface area (Å²) >= 11 is 0. The number of nitriles is 1. The van der Waals surface area contributed by atoms with Crippen LogP contribution in [0.4, 0.5) is 5.69 Å². The maximum Gasteiger partial charge on any atom is 0.108 e. The lowest BCUT2D eigenvalue weighted by molar-refractivity contribution is 0.925. The third-order valence-electron chi connectivity index (χ3n) is 2.25. The Morgan fingerprint density at radius 3 is 2.35 bits per heavy atom. The molecule has 2 rings (SSSR count). The van der Waals surface area contributed by atoms with Crippen LogP contribution in [0.15, 0.2) is 58.8 Å². The van der Waals surface area contributed by atoms with Gasteiger partial charge in [0.1, 0.15) is 6.04 Å². The Bertz CT molecular complexity index is 528. The van der Waals surface area contributed by atoms with E-state index in [2.05, 4.69) is 10.2 Å². The Hall–Kier alpha value is -2.54. The molecule has 17 heavy (non-hydrogen) atoms. The van der Waals surface area contributed by atoms with E-state index >= 15 is 0 Å². The minimum Gasteiger partial charge on any atom is -0.301 e. The van der Waals surface area contributed by atoms with E-state index in [1.807, 2.05) is 18.2 Å². The van der Waals surface area contributed by atoms with Crippen LogP contribution in [-0.2, 0) is 0 Å². The fraction of sp³-hybridized carbons (Fsp3) is 0.0769. The lowest BCUT2D eigenvalue weighted by atomic mass is 10.1. The molecule has 0 heterocycles. The van der Waals surface area contributed by atoms with Crippen molar-refractivity contribution in [3.8, 4) is 6.07 Å². The van der Waals surface area contributed by atoms with Gasteiger partial charge in [-0.2, -0.15) is 15.5 Å². The summed E-state index contributed by atoms with van der Waals surface area (Å²) in [4.78, 5) is 0. The van der Waals surface area contributed by atoms with Gasteiger partial charge in [-0.25, -0.2) is 0 Å². The van der Waals surface area contributed by atoms with E-state index in [0.717, 1.165) is 0 Å². The molecule has 4 heteroatoms. The van der Waals surface area contributed by atoms with Gasteiger partial charge in [-0.3, -0.25) is 0 Å². The van der Waals surface area contributed by atoms with Gasteiger partial charge in [-0.05, 0) is 36.4 Å². The molecule has 1 aromatic carbocycles. The largest absolute Gasteiger partial charge is 0.301 e. The Balaban J connectivity index is 2.05. The predicted octanol–water partition coefficient (Wildman–Crippen LogP) is 3.16. The first-order valence-electron chi connectivity index (χ1n) is 5.14. The minimum atomic E-state index is -0.111. The average molecular weight is 222 g/mol. The van der Waals surface area contributed by atoms with E-state index in [1.54, 1.807) is 36.4 Å². The fourth-order valence-electron chi connectivity index (χ4n) is 1.34. The lowest BCUT2D eigenvalue weighted by Gasteiger charge is -2.03. The minimum absolute atomic E-state index is 0.111. The van der Waals surface area contributed by atoms with E-state index in [4.69, 9.17) is 10.7 Å². The molecule has 0 atom stereocenters. The van der Waals surface area contributed by atoms with Crippen molar-refractivity contribution < 1.29 is 0 Å². The van der Waals surface area contributed by atoms with Crippen LogP contribution >= 0.6 is 0 Å².